The molecule has 4 nitrogen and oxygen atoms in total. The number of nitrogens with zero attached hydrogens (tertiary/aromatic N) is 1. The molecular weight excluding hydrogens is 567 g/mol. The number of hydrogen-bond acceptors (Lipinski definition) is 7. The maximum Gasteiger partial charge on any atom is 0.309 e. The van der Waals surface area contributed by atoms with Crippen LogP contribution in [0.3, 0.4) is 0 Å². The van der Waals surface area contributed by atoms with Crippen molar-refractivity contribution in [2.45, 2.75) is 54.4 Å². The summed E-state index contributed by atoms with van der Waals surface area (Å²) in [4.78, 5) is 23.6. The van der Waals surface area contributed by atoms with Crippen molar-refractivity contribution in [2.75, 3.05) is 0 Å². The predicted octanol–water partition coefficient (Wildman–Crippen LogP) is 8.77. The van der Waals surface area contributed by atoms with Crippen LogP contribution in [0.1, 0.15) is 18.4 Å². The molecule has 0 bridgehead atoms. The molecule has 7 heteroatoms. The fraction of sp³-hybridized carbons (Fsp3) is 0.118. The Bertz CT molecular complexity index is 1680. The van der Waals surface area contributed by atoms with Crippen LogP contribution in [0.15, 0.2) is 145 Å². The van der Waals surface area contributed by atoms with Gasteiger partial charge in [-0.15, -0.1) is 0 Å². The van der Waals surface area contributed by atoms with E-state index in [0.717, 1.165) is 36.0 Å². The number of pyridine rings is 1. The van der Waals surface area contributed by atoms with E-state index >= 15 is 0 Å². The molecule has 204 valence electrons. The van der Waals surface area contributed by atoms with Crippen LogP contribution in [-0.2, 0) is 9.53 Å². The number of aliphatic hydroxyl groups excluding tert-OH is 1. The third-order valence-corrected chi connectivity index (χ3v) is 9.92. The molecular formula is C34H27NO3S3. The second-order valence-corrected chi connectivity index (χ2v) is 12.9. The Balaban J connectivity index is 1.46. The summed E-state index contributed by atoms with van der Waals surface area (Å²) in [5.41, 5.74) is 1.84. The van der Waals surface area contributed by atoms with Crippen molar-refractivity contribution in [1.29, 1.82) is 0 Å². The van der Waals surface area contributed by atoms with E-state index in [1.165, 1.54) is 9.79 Å². The zero-order valence-corrected chi connectivity index (χ0v) is 24.5. The molecule has 1 aliphatic rings. The van der Waals surface area contributed by atoms with Gasteiger partial charge in [0.05, 0.1) is 18.0 Å². The van der Waals surface area contributed by atoms with Crippen LogP contribution < -0.4 is 0 Å². The molecule has 1 N–H and O–H groups in total. The van der Waals surface area contributed by atoms with Gasteiger partial charge in [0.25, 0.3) is 0 Å². The molecule has 0 radical (unpaired) electrons. The maximum absolute atomic E-state index is 11.9. The highest BCUT2D eigenvalue weighted by Crippen LogP contribution is 2.44. The molecule has 0 unspecified atom stereocenters. The predicted molar refractivity (Wildman–Crippen MR) is 168 cm³/mol. The Kier molecular flexibility index (Phi) is 8.77. The van der Waals surface area contributed by atoms with Gasteiger partial charge in [0.2, 0.25) is 0 Å². The minimum atomic E-state index is -0.683. The summed E-state index contributed by atoms with van der Waals surface area (Å²) in [6.45, 7) is 0. The zero-order valence-electron chi connectivity index (χ0n) is 22.1. The van der Waals surface area contributed by atoms with Gasteiger partial charge in [0.15, 0.2) is 0 Å². The average Bonchev–Trinajstić information content (AvgIpc) is 2.98. The van der Waals surface area contributed by atoms with Gasteiger partial charge in [-0.25, -0.2) is 0 Å². The lowest BCUT2D eigenvalue weighted by Gasteiger charge is -2.23. The van der Waals surface area contributed by atoms with Crippen molar-refractivity contribution in [3.8, 4) is 0 Å². The largest absolute Gasteiger partial charge is 0.458 e. The van der Waals surface area contributed by atoms with Crippen LogP contribution in [-0.4, -0.2) is 28.3 Å². The number of ether oxygens (including phenoxy) is 1. The quantitative estimate of drug-likeness (QED) is 0.181. The number of rotatable bonds is 8. The molecule has 6 rings (SSSR count). The lowest BCUT2D eigenvalue weighted by molar-refractivity contribution is -0.156. The topological polar surface area (TPSA) is 59.4 Å². The first kappa shape index (κ1) is 27.7. The summed E-state index contributed by atoms with van der Waals surface area (Å²) in [5.74, 6) is -0.375. The molecule has 0 spiro atoms. The van der Waals surface area contributed by atoms with Gasteiger partial charge in [-0.3, -0.25) is 9.78 Å². The number of fused-ring (bicyclic) bond motifs is 1. The number of esters is 1. The molecule has 1 saturated heterocycles. The first-order valence-corrected chi connectivity index (χ1v) is 15.8. The summed E-state index contributed by atoms with van der Waals surface area (Å²) >= 11 is 5.17. The number of benzene rings is 4. The smallest absolute Gasteiger partial charge is 0.309 e. The highest BCUT2D eigenvalue weighted by molar-refractivity contribution is 8.02. The number of carbonyl (C=O) groups is 1. The second-order valence-electron chi connectivity index (χ2n) is 9.59. The van der Waals surface area contributed by atoms with E-state index in [1.54, 1.807) is 35.3 Å². The normalized spacial score (nSPS) is 17.1. The molecule has 1 fully saturated rings. The minimum Gasteiger partial charge on any atom is -0.458 e. The Hall–Kier alpha value is -3.49. The van der Waals surface area contributed by atoms with Gasteiger partial charge in [-0.2, -0.15) is 0 Å². The fourth-order valence-electron chi connectivity index (χ4n) is 4.56. The van der Waals surface area contributed by atoms with E-state index in [2.05, 4.69) is 72.8 Å². The lowest BCUT2D eigenvalue weighted by Crippen LogP contribution is -2.31. The summed E-state index contributed by atoms with van der Waals surface area (Å²) in [6.07, 6.45) is 4.99. The fourth-order valence-corrected chi connectivity index (χ4v) is 7.61. The number of aromatic nitrogens is 1. The SMILES string of the molecule is O=C1C[C@H](O)C[C@@H](/C=C/c2cnc3cc(Sc4ccccc4)c(Sc4ccccc4)cc3c2Sc2ccccc2)O1. The standard InChI is InChI=1S/C34H27NO3S3/c36-24-18-25(38-33(37)19-24)17-16-23-22-35-30-21-32(40-27-12-6-2-7-13-27)31(39-26-10-4-1-5-11-26)20-29(30)34(23)41-28-14-8-3-9-15-28/h1-17,20-22,24-25,36H,18-19H2/b17-16+/t24-,25-/m1/s1. The van der Waals surface area contributed by atoms with E-state index in [0.29, 0.717) is 6.42 Å². The number of cyclic esters (lactones) is 1. The number of aliphatic hydroxyl groups is 1. The Labute approximate surface area is 252 Å². The molecule has 2 atom stereocenters. The third kappa shape index (κ3) is 7.05. The Morgan fingerprint density at radius 1 is 0.780 bits per heavy atom. The van der Waals surface area contributed by atoms with Crippen LogP contribution in [0.5, 0.6) is 0 Å². The molecule has 1 aliphatic heterocycles. The van der Waals surface area contributed by atoms with Crippen molar-refractivity contribution in [2.24, 2.45) is 0 Å². The van der Waals surface area contributed by atoms with Gasteiger partial charge in [0, 0.05) is 52.9 Å². The molecule has 0 aliphatic carbocycles. The molecule has 41 heavy (non-hydrogen) atoms. The summed E-state index contributed by atoms with van der Waals surface area (Å²) < 4.78 is 5.46. The molecule has 0 amide bonds. The van der Waals surface area contributed by atoms with Crippen molar-refractivity contribution < 1.29 is 14.6 Å². The van der Waals surface area contributed by atoms with Crippen molar-refractivity contribution in [3.63, 3.8) is 0 Å². The van der Waals surface area contributed by atoms with Crippen LogP contribution in [0.25, 0.3) is 17.0 Å². The van der Waals surface area contributed by atoms with Crippen LogP contribution >= 0.6 is 35.3 Å². The van der Waals surface area contributed by atoms with E-state index in [1.807, 2.05) is 48.7 Å². The van der Waals surface area contributed by atoms with Crippen LogP contribution in [0.2, 0.25) is 0 Å². The molecule has 1 aromatic heterocycles. The summed E-state index contributed by atoms with van der Waals surface area (Å²) in [7, 11) is 0. The van der Waals surface area contributed by atoms with Gasteiger partial charge < -0.3 is 9.84 Å². The molecule has 2 heterocycles. The van der Waals surface area contributed by atoms with Gasteiger partial charge in [-0.05, 0) is 54.6 Å². The van der Waals surface area contributed by atoms with Gasteiger partial charge >= 0.3 is 5.97 Å². The van der Waals surface area contributed by atoms with Crippen molar-refractivity contribution in [3.05, 3.63) is 121 Å². The summed E-state index contributed by atoms with van der Waals surface area (Å²) in [6, 6.07) is 35.5. The Morgan fingerprint density at radius 2 is 1.34 bits per heavy atom. The highest BCUT2D eigenvalue weighted by Gasteiger charge is 2.25. The van der Waals surface area contributed by atoms with Crippen molar-refractivity contribution >= 4 is 58.2 Å². The van der Waals surface area contributed by atoms with Crippen LogP contribution in [0, 0.1) is 0 Å². The Morgan fingerprint density at radius 3 is 1.93 bits per heavy atom. The van der Waals surface area contributed by atoms with Gasteiger partial charge in [0.1, 0.15) is 6.10 Å². The maximum atomic E-state index is 11.9. The summed E-state index contributed by atoms with van der Waals surface area (Å²) in [5, 5.41) is 11.1. The van der Waals surface area contributed by atoms with Gasteiger partial charge in [-0.1, -0.05) is 96.0 Å². The van der Waals surface area contributed by atoms with Crippen molar-refractivity contribution in [1.82, 2.24) is 4.98 Å². The zero-order chi connectivity index (χ0) is 28.0. The average molecular weight is 594 g/mol. The molecule has 0 saturated carbocycles. The molecule has 5 aromatic rings. The number of carbonyl (C=O) groups excluding carboxylic acids is 1. The second kappa shape index (κ2) is 13.0. The first-order chi connectivity index (χ1) is 20.1. The van der Waals surface area contributed by atoms with E-state index in [4.69, 9.17) is 9.72 Å². The van der Waals surface area contributed by atoms with E-state index < -0.39 is 12.2 Å². The third-order valence-electron chi connectivity index (χ3n) is 6.50. The number of hydrogen-bond donors (Lipinski definition) is 1. The first-order valence-electron chi connectivity index (χ1n) is 13.3. The van der Waals surface area contributed by atoms with Crippen LogP contribution in [0.4, 0.5) is 0 Å². The van der Waals surface area contributed by atoms with E-state index in [-0.39, 0.29) is 12.4 Å². The minimum absolute atomic E-state index is 0.0438. The monoisotopic (exact) mass is 593 g/mol. The molecule has 4 aromatic carbocycles. The lowest BCUT2D eigenvalue weighted by atomic mass is 10.0. The highest BCUT2D eigenvalue weighted by atomic mass is 32.2. The van der Waals surface area contributed by atoms with E-state index in [9.17, 15) is 9.90 Å².